The minimum atomic E-state index is -4.40. The predicted octanol–water partition coefficient (Wildman–Crippen LogP) is 26.2. The number of phosphoric ester groups is 1. The number of rotatable bonds is 72. The van der Waals surface area contributed by atoms with E-state index >= 15 is 0 Å². The van der Waals surface area contributed by atoms with Gasteiger partial charge in [0.1, 0.15) is 19.8 Å². The SMILES string of the molecule is CC/C=C\C/C=C\C/C=C\C/C=C\C/C=C\C/C=C\CCCCCCCCCCCCCCCCC(=O)OC(COC(=O)CCCCCCCCCCCCCCCCCCCCCCCCCC/C=C\C/C=C\C/C=C\C/C=C\CC)COP(=O)(O)OCC[N+](C)(C)C. The third-order valence-corrected chi connectivity index (χ3v) is 18.0. The van der Waals surface area contributed by atoms with Gasteiger partial charge in [0.25, 0.3) is 0 Å². The Morgan fingerprint density at radius 3 is 0.851 bits per heavy atom. The quantitative estimate of drug-likeness (QED) is 0.0211. The number of carbonyl (C=O) groups is 2. The molecular formula is C84H149NO8P+. The third kappa shape index (κ3) is 77.4. The van der Waals surface area contributed by atoms with Crippen molar-refractivity contribution in [1.29, 1.82) is 0 Å². The number of ether oxygens (including phenoxy) is 2. The summed E-state index contributed by atoms with van der Waals surface area (Å²) in [5.41, 5.74) is 0. The number of hydrogen-bond donors (Lipinski definition) is 1. The number of hydrogen-bond acceptors (Lipinski definition) is 7. The van der Waals surface area contributed by atoms with Gasteiger partial charge in [-0.1, -0.05) is 354 Å². The van der Waals surface area contributed by atoms with Crippen molar-refractivity contribution in [3.05, 3.63) is 122 Å². The summed E-state index contributed by atoms with van der Waals surface area (Å²) >= 11 is 0. The van der Waals surface area contributed by atoms with Crippen LogP contribution in [0.4, 0.5) is 0 Å². The van der Waals surface area contributed by atoms with Crippen LogP contribution < -0.4 is 0 Å². The van der Waals surface area contributed by atoms with Crippen LogP contribution in [0.5, 0.6) is 0 Å². The molecular weight excluding hydrogens is 1180 g/mol. The molecule has 0 aliphatic rings. The first-order chi connectivity index (χ1) is 46.0. The first kappa shape index (κ1) is 90.4. The van der Waals surface area contributed by atoms with E-state index in [4.69, 9.17) is 18.5 Å². The van der Waals surface area contributed by atoms with Gasteiger partial charge in [-0.25, -0.2) is 4.57 Å². The average Bonchev–Trinajstić information content (AvgIpc) is 1.56. The smallest absolute Gasteiger partial charge is 0.462 e. The molecule has 0 aromatic heterocycles. The Kier molecular flexibility index (Phi) is 70.8. The minimum Gasteiger partial charge on any atom is -0.462 e. The van der Waals surface area contributed by atoms with E-state index in [1.165, 1.54) is 212 Å². The van der Waals surface area contributed by atoms with Crippen molar-refractivity contribution in [1.82, 2.24) is 0 Å². The number of allylic oxidation sites excluding steroid dienone is 20. The van der Waals surface area contributed by atoms with Gasteiger partial charge < -0.3 is 18.9 Å². The lowest BCUT2D eigenvalue weighted by molar-refractivity contribution is -0.870. The van der Waals surface area contributed by atoms with Crippen LogP contribution in [-0.2, 0) is 32.7 Å². The van der Waals surface area contributed by atoms with Crippen molar-refractivity contribution in [2.75, 3.05) is 47.5 Å². The number of carbonyl (C=O) groups excluding carboxylic acids is 2. The van der Waals surface area contributed by atoms with Gasteiger partial charge in [-0.2, -0.15) is 0 Å². The molecule has 0 fully saturated rings. The number of unbranched alkanes of at least 4 members (excludes halogenated alkanes) is 38. The Hall–Kier alpha value is -3.59. The fraction of sp³-hybridized carbons (Fsp3) is 0.738. The summed E-state index contributed by atoms with van der Waals surface area (Å²) in [6.07, 6.45) is 106. The van der Waals surface area contributed by atoms with Crippen LogP contribution in [0.3, 0.4) is 0 Å². The van der Waals surface area contributed by atoms with Crippen molar-refractivity contribution in [3.63, 3.8) is 0 Å². The van der Waals surface area contributed by atoms with Crippen LogP contribution >= 0.6 is 7.82 Å². The van der Waals surface area contributed by atoms with E-state index in [1.54, 1.807) is 0 Å². The Morgan fingerprint density at radius 2 is 0.574 bits per heavy atom. The van der Waals surface area contributed by atoms with Crippen LogP contribution in [0.2, 0.25) is 0 Å². The zero-order valence-corrected chi connectivity index (χ0v) is 62.8. The Bertz CT molecular complexity index is 2010. The molecule has 2 atom stereocenters. The second-order valence-corrected chi connectivity index (χ2v) is 28.8. The summed E-state index contributed by atoms with van der Waals surface area (Å²) in [5, 5.41) is 0. The molecule has 0 amide bonds. The molecule has 0 saturated carbocycles. The summed E-state index contributed by atoms with van der Waals surface area (Å²) in [6, 6.07) is 0. The molecule has 9 nitrogen and oxygen atoms in total. The number of nitrogens with zero attached hydrogens (tertiary/aromatic N) is 1. The second-order valence-electron chi connectivity index (χ2n) is 27.3. The maximum atomic E-state index is 12.9. The summed E-state index contributed by atoms with van der Waals surface area (Å²) in [4.78, 5) is 36.0. The van der Waals surface area contributed by atoms with Crippen molar-refractivity contribution < 1.29 is 42.1 Å². The normalized spacial score (nSPS) is 13.7. The largest absolute Gasteiger partial charge is 0.472 e. The molecule has 2 unspecified atom stereocenters. The van der Waals surface area contributed by atoms with E-state index in [9.17, 15) is 19.0 Å². The number of esters is 2. The molecule has 1 N–H and O–H groups in total. The third-order valence-electron chi connectivity index (χ3n) is 17.0. The lowest BCUT2D eigenvalue weighted by atomic mass is 10.0. The molecule has 94 heavy (non-hydrogen) atoms. The molecule has 0 bridgehead atoms. The van der Waals surface area contributed by atoms with Gasteiger partial charge in [-0.3, -0.25) is 18.6 Å². The molecule has 0 radical (unpaired) electrons. The lowest BCUT2D eigenvalue weighted by Gasteiger charge is -2.24. The summed E-state index contributed by atoms with van der Waals surface area (Å²) in [6.45, 7) is 4.25. The topological polar surface area (TPSA) is 108 Å². The van der Waals surface area contributed by atoms with E-state index in [0.717, 1.165) is 103 Å². The molecule has 0 aliphatic heterocycles. The maximum absolute atomic E-state index is 12.9. The average molecular weight is 1330 g/mol. The standard InChI is InChI=1S/C84H148NO8P/c1-6-8-10-12-14-16-18-20-22-24-26-28-30-32-34-36-38-40-41-42-43-45-46-48-50-52-54-56-58-60-62-64-66-68-70-72-74-76-83(86)90-80-82(81-92-94(88,89)91-79-78-85(3,4)5)93-84(87)77-75-73-71-69-67-65-63-61-59-57-55-53-51-49-47-44-39-37-35-33-31-29-27-25-23-21-19-17-15-13-11-9-7-2/h8-11,14-17,20-23,26-29,33,35,39,44,82H,6-7,12-13,18-19,24-25,30-32,34,36-38,40-43,45-81H2,1-5H3/p+1/b10-8-,11-9-,16-14-,17-15-,22-20-,23-21-,28-26-,29-27-,35-33-,44-39-. The highest BCUT2D eigenvalue weighted by Gasteiger charge is 2.27. The van der Waals surface area contributed by atoms with E-state index in [-0.39, 0.29) is 32.0 Å². The predicted molar refractivity (Wildman–Crippen MR) is 408 cm³/mol. The fourth-order valence-electron chi connectivity index (χ4n) is 11.1. The van der Waals surface area contributed by atoms with Crippen molar-refractivity contribution in [2.24, 2.45) is 0 Å². The number of phosphoric acid groups is 1. The fourth-order valence-corrected chi connectivity index (χ4v) is 11.8. The van der Waals surface area contributed by atoms with Gasteiger partial charge >= 0.3 is 19.8 Å². The van der Waals surface area contributed by atoms with Crippen molar-refractivity contribution >= 4 is 19.8 Å². The Balaban J connectivity index is 3.96. The van der Waals surface area contributed by atoms with E-state index in [0.29, 0.717) is 17.4 Å². The van der Waals surface area contributed by atoms with Gasteiger partial charge in [-0.15, -0.1) is 0 Å². The zero-order valence-electron chi connectivity index (χ0n) is 61.9. The highest BCUT2D eigenvalue weighted by Crippen LogP contribution is 2.43. The van der Waals surface area contributed by atoms with E-state index < -0.39 is 26.5 Å². The van der Waals surface area contributed by atoms with Crippen LogP contribution in [-0.4, -0.2) is 74.9 Å². The maximum Gasteiger partial charge on any atom is 0.472 e. The molecule has 542 valence electrons. The molecule has 0 aliphatic carbocycles. The van der Waals surface area contributed by atoms with Gasteiger partial charge in [-0.05, 0) is 103 Å². The van der Waals surface area contributed by atoms with Crippen LogP contribution in [0.15, 0.2) is 122 Å². The summed E-state index contributed by atoms with van der Waals surface area (Å²) in [5.74, 6) is -0.786. The first-order valence-corrected chi connectivity index (χ1v) is 40.8. The van der Waals surface area contributed by atoms with Crippen LogP contribution in [0, 0.1) is 0 Å². The molecule has 0 aromatic carbocycles. The molecule has 0 heterocycles. The van der Waals surface area contributed by atoms with Crippen LogP contribution in [0.25, 0.3) is 0 Å². The summed E-state index contributed by atoms with van der Waals surface area (Å²) in [7, 11) is 1.48. The second kappa shape index (κ2) is 73.7. The van der Waals surface area contributed by atoms with Gasteiger partial charge in [0.15, 0.2) is 6.10 Å². The van der Waals surface area contributed by atoms with E-state index in [2.05, 4.69) is 135 Å². The minimum absolute atomic E-state index is 0.0296. The molecule has 0 saturated heterocycles. The molecule has 10 heteroatoms. The van der Waals surface area contributed by atoms with Crippen molar-refractivity contribution in [3.8, 4) is 0 Å². The van der Waals surface area contributed by atoms with Crippen molar-refractivity contribution in [2.45, 2.75) is 354 Å². The zero-order chi connectivity index (χ0) is 68.3. The van der Waals surface area contributed by atoms with Gasteiger partial charge in [0, 0.05) is 12.8 Å². The summed E-state index contributed by atoms with van der Waals surface area (Å²) < 4.78 is 34.8. The number of quaternary nitrogens is 1. The van der Waals surface area contributed by atoms with Gasteiger partial charge in [0.2, 0.25) is 0 Å². The Labute approximate surface area is 581 Å². The van der Waals surface area contributed by atoms with Crippen LogP contribution in [0.1, 0.15) is 348 Å². The molecule has 0 spiro atoms. The molecule has 0 rings (SSSR count). The van der Waals surface area contributed by atoms with E-state index in [1.807, 2.05) is 21.1 Å². The highest BCUT2D eigenvalue weighted by atomic mass is 31.2. The monoisotopic (exact) mass is 1330 g/mol. The Morgan fingerprint density at radius 1 is 0.330 bits per heavy atom. The molecule has 0 aromatic rings. The first-order valence-electron chi connectivity index (χ1n) is 39.3. The highest BCUT2D eigenvalue weighted by molar-refractivity contribution is 7.47. The lowest BCUT2D eigenvalue weighted by Crippen LogP contribution is -2.37. The van der Waals surface area contributed by atoms with Gasteiger partial charge in [0.05, 0.1) is 27.7 Å². The number of likely N-dealkylation sites (N-methyl/N-ethyl adjacent to an activating group) is 1.